The van der Waals surface area contributed by atoms with Crippen molar-refractivity contribution < 1.29 is 27.0 Å². The van der Waals surface area contributed by atoms with E-state index in [1.807, 2.05) is 60.7 Å². The summed E-state index contributed by atoms with van der Waals surface area (Å²) in [4.78, 5) is 0. The highest BCUT2D eigenvalue weighted by Crippen LogP contribution is 2.32. The molecule has 0 amide bonds. The lowest BCUT2D eigenvalue weighted by atomic mass is 10.1. The van der Waals surface area contributed by atoms with Crippen molar-refractivity contribution in [1.82, 2.24) is 10.2 Å². The molecule has 0 radical (unpaired) electrons. The minimum Gasteiger partial charge on any atom is -0.483 e. The van der Waals surface area contributed by atoms with E-state index in [0.29, 0.717) is 17.5 Å². The van der Waals surface area contributed by atoms with Crippen LogP contribution in [0, 0.1) is 5.82 Å². The van der Waals surface area contributed by atoms with Gasteiger partial charge in [0, 0.05) is 6.07 Å². The Kier molecular flexibility index (Phi) is 7.40. The number of alkyl halides is 3. The molecule has 0 N–H and O–H groups in total. The van der Waals surface area contributed by atoms with E-state index in [-0.39, 0.29) is 24.7 Å². The molecule has 0 spiro atoms. The van der Waals surface area contributed by atoms with Crippen LogP contribution in [0.5, 0.6) is 11.6 Å². The zero-order valence-electron chi connectivity index (χ0n) is 18.4. The van der Waals surface area contributed by atoms with Crippen LogP contribution in [0.25, 0.3) is 12.2 Å². The van der Waals surface area contributed by atoms with E-state index in [1.165, 1.54) is 18.2 Å². The molecule has 0 aliphatic heterocycles. The number of rotatable bonds is 8. The van der Waals surface area contributed by atoms with E-state index in [9.17, 15) is 17.6 Å². The Labute approximate surface area is 199 Å². The van der Waals surface area contributed by atoms with Gasteiger partial charge in [0.05, 0.1) is 11.3 Å². The number of halogens is 4. The van der Waals surface area contributed by atoms with Gasteiger partial charge in [-0.1, -0.05) is 72.8 Å². The zero-order valence-corrected chi connectivity index (χ0v) is 18.4. The van der Waals surface area contributed by atoms with Crippen molar-refractivity contribution in [3.63, 3.8) is 0 Å². The number of nitrogens with zero attached hydrogens (tertiary/aromatic N) is 2. The third-order valence-corrected chi connectivity index (χ3v) is 4.95. The van der Waals surface area contributed by atoms with Crippen LogP contribution in [0.15, 0.2) is 84.9 Å². The number of aromatic nitrogens is 2. The van der Waals surface area contributed by atoms with E-state index in [1.54, 1.807) is 6.07 Å². The fourth-order valence-corrected chi connectivity index (χ4v) is 3.17. The summed E-state index contributed by atoms with van der Waals surface area (Å²) in [6.07, 6.45) is -1.80. The van der Waals surface area contributed by atoms with E-state index in [2.05, 4.69) is 10.2 Å². The SMILES string of the molecule is Fc1cc(/C=C/c2cc(OCc3ccccc3)c(OCc3ccccc3)nn2)ccc1C(F)(F)F. The zero-order chi connectivity index (χ0) is 24.7. The quantitative estimate of drug-likeness (QED) is 0.256. The van der Waals surface area contributed by atoms with Gasteiger partial charge in [0.25, 0.3) is 5.88 Å². The summed E-state index contributed by atoms with van der Waals surface area (Å²) in [5.41, 5.74) is 1.17. The summed E-state index contributed by atoms with van der Waals surface area (Å²) >= 11 is 0. The van der Waals surface area contributed by atoms with Crippen LogP contribution >= 0.6 is 0 Å². The lowest BCUT2D eigenvalue weighted by Gasteiger charge is -2.12. The molecular formula is C27H20F4N2O2. The van der Waals surface area contributed by atoms with Crippen molar-refractivity contribution in [3.8, 4) is 11.6 Å². The van der Waals surface area contributed by atoms with Crippen molar-refractivity contribution >= 4 is 12.2 Å². The average molecular weight is 480 g/mol. The normalized spacial score (nSPS) is 11.5. The highest BCUT2D eigenvalue weighted by Gasteiger charge is 2.33. The second-order valence-corrected chi connectivity index (χ2v) is 7.56. The maximum Gasteiger partial charge on any atom is 0.419 e. The maximum atomic E-state index is 13.9. The first-order valence-corrected chi connectivity index (χ1v) is 10.6. The Morgan fingerprint density at radius 3 is 1.94 bits per heavy atom. The Morgan fingerprint density at radius 1 is 0.714 bits per heavy atom. The van der Waals surface area contributed by atoms with Crippen molar-refractivity contribution in [1.29, 1.82) is 0 Å². The molecule has 0 saturated carbocycles. The van der Waals surface area contributed by atoms with Gasteiger partial charge in [-0.05, 0) is 34.9 Å². The first-order chi connectivity index (χ1) is 16.9. The second kappa shape index (κ2) is 10.8. The summed E-state index contributed by atoms with van der Waals surface area (Å²) in [5.74, 6) is -0.803. The molecule has 1 heterocycles. The molecule has 178 valence electrons. The average Bonchev–Trinajstić information content (AvgIpc) is 2.86. The third kappa shape index (κ3) is 6.66. The standard InChI is InChI=1S/C27H20F4N2O2/c28-24-15-19(12-14-23(24)27(29,30)31)11-13-22-16-25(34-17-20-7-3-1-4-8-20)26(33-32-22)35-18-21-9-5-2-6-10-21/h1-16H,17-18H2/b13-11+. The van der Waals surface area contributed by atoms with Crippen molar-refractivity contribution in [2.45, 2.75) is 19.4 Å². The molecule has 0 atom stereocenters. The topological polar surface area (TPSA) is 44.2 Å². The lowest BCUT2D eigenvalue weighted by Crippen LogP contribution is -2.07. The van der Waals surface area contributed by atoms with Crippen LogP contribution in [0.3, 0.4) is 0 Å². The molecule has 4 aromatic rings. The minimum atomic E-state index is -4.75. The van der Waals surface area contributed by atoms with Crippen LogP contribution in [-0.2, 0) is 19.4 Å². The Bertz CT molecular complexity index is 1290. The smallest absolute Gasteiger partial charge is 0.419 e. The van der Waals surface area contributed by atoms with Gasteiger partial charge in [-0.25, -0.2) is 4.39 Å². The molecule has 0 fully saturated rings. The molecule has 35 heavy (non-hydrogen) atoms. The van der Waals surface area contributed by atoms with Crippen LogP contribution < -0.4 is 9.47 Å². The molecule has 0 unspecified atom stereocenters. The van der Waals surface area contributed by atoms with Gasteiger partial charge in [0.2, 0.25) is 0 Å². The predicted molar refractivity (Wildman–Crippen MR) is 124 cm³/mol. The first kappa shape index (κ1) is 23.9. The highest BCUT2D eigenvalue weighted by molar-refractivity contribution is 5.68. The fourth-order valence-electron chi connectivity index (χ4n) is 3.17. The van der Waals surface area contributed by atoms with Gasteiger partial charge in [0.1, 0.15) is 19.0 Å². The summed E-state index contributed by atoms with van der Waals surface area (Å²) in [5, 5.41) is 8.20. The molecule has 0 aliphatic rings. The summed E-state index contributed by atoms with van der Waals surface area (Å²) in [7, 11) is 0. The van der Waals surface area contributed by atoms with Crippen molar-refractivity contribution in [3.05, 3.63) is 119 Å². The minimum absolute atomic E-state index is 0.197. The number of ether oxygens (including phenoxy) is 2. The number of hydrogen-bond donors (Lipinski definition) is 0. The molecule has 0 bridgehead atoms. The fraction of sp³-hybridized carbons (Fsp3) is 0.111. The summed E-state index contributed by atoms with van der Waals surface area (Å²) < 4.78 is 63.9. The summed E-state index contributed by atoms with van der Waals surface area (Å²) in [6.45, 7) is 0.527. The van der Waals surface area contributed by atoms with Gasteiger partial charge in [-0.3, -0.25) is 0 Å². The number of benzene rings is 3. The molecule has 4 nitrogen and oxygen atoms in total. The van der Waals surface area contributed by atoms with E-state index >= 15 is 0 Å². The Hall–Kier alpha value is -4.20. The molecular weight excluding hydrogens is 460 g/mol. The first-order valence-electron chi connectivity index (χ1n) is 10.6. The highest BCUT2D eigenvalue weighted by atomic mass is 19.4. The predicted octanol–water partition coefficient (Wildman–Crippen LogP) is 6.96. The van der Waals surface area contributed by atoms with Gasteiger partial charge in [-0.15, -0.1) is 10.2 Å². The van der Waals surface area contributed by atoms with E-state index < -0.39 is 17.6 Å². The monoisotopic (exact) mass is 480 g/mol. The Morgan fingerprint density at radius 2 is 1.34 bits per heavy atom. The molecule has 3 aromatic carbocycles. The van der Waals surface area contributed by atoms with E-state index in [4.69, 9.17) is 9.47 Å². The molecule has 1 aromatic heterocycles. The second-order valence-electron chi connectivity index (χ2n) is 7.56. The van der Waals surface area contributed by atoms with Gasteiger partial charge >= 0.3 is 6.18 Å². The lowest BCUT2D eigenvalue weighted by molar-refractivity contribution is -0.140. The van der Waals surface area contributed by atoms with Crippen molar-refractivity contribution in [2.75, 3.05) is 0 Å². The molecule has 4 rings (SSSR count). The van der Waals surface area contributed by atoms with Crippen LogP contribution in [0.2, 0.25) is 0 Å². The van der Waals surface area contributed by atoms with Gasteiger partial charge in [-0.2, -0.15) is 13.2 Å². The third-order valence-electron chi connectivity index (χ3n) is 4.95. The largest absolute Gasteiger partial charge is 0.483 e. The van der Waals surface area contributed by atoms with Crippen LogP contribution in [0.1, 0.15) is 27.9 Å². The van der Waals surface area contributed by atoms with Crippen LogP contribution in [-0.4, -0.2) is 10.2 Å². The molecule has 8 heteroatoms. The summed E-state index contributed by atoms with van der Waals surface area (Å²) in [6, 6.07) is 23.4. The van der Waals surface area contributed by atoms with E-state index in [0.717, 1.165) is 17.2 Å². The molecule has 0 aliphatic carbocycles. The van der Waals surface area contributed by atoms with Crippen LogP contribution in [0.4, 0.5) is 17.6 Å². The van der Waals surface area contributed by atoms with Gasteiger partial charge < -0.3 is 9.47 Å². The maximum absolute atomic E-state index is 13.9. The Balaban J connectivity index is 1.54. The molecule has 0 saturated heterocycles. The van der Waals surface area contributed by atoms with Gasteiger partial charge in [0.15, 0.2) is 5.75 Å². The van der Waals surface area contributed by atoms with Crippen molar-refractivity contribution in [2.24, 2.45) is 0 Å². The number of hydrogen-bond acceptors (Lipinski definition) is 4.